The quantitative estimate of drug-likeness (QED) is 0.840. The van der Waals surface area contributed by atoms with Gasteiger partial charge in [-0.3, -0.25) is 9.78 Å². The molecule has 2 aromatic rings. The lowest BCUT2D eigenvalue weighted by atomic mass is 10.2. The third kappa shape index (κ3) is 3.98. The molecule has 20 heavy (non-hydrogen) atoms. The van der Waals surface area contributed by atoms with Crippen molar-refractivity contribution in [2.24, 2.45) is 5.73 Å². The number of aryl methyl sites for hydroxylation is 1. The molecule has 0 radical (unpaired) electrons. The lowest BCUT2D eigenvalue weighted by Crippen LogP contribution is -2.19. The Morgan fingerprint density at radius 2 is 2.05 bits per heavy atom. The van der Waals surface area contributed by atoms with Gasteiger partial charge in [0.05, 0.1) is 11.9 Å². The second-order valence-corrected chi connectivity index (χ2v) is 4.44. The molecule has 1 amide bonds. The van der Waals surface area contributed by atoms with Gasteiger partial charge >= 0.3 is 0 Å². The zero-order chi connectivity index (χ0) is 14.4. The van der Waals surface area contributed by atoms with Crippen molar-refractivity contribution < 1.29 is 9.53 Å². The molecule has 0 saturated heterocycles. The number of primary amides is 1. The van der Waals surface area contributed by atoms with E-state index in [-0.39, 0.29) is 6.61 Å². The number of benzene rings is 1. The molecule has 2 rings (SSSR count). The number of ether oxygens (including phenoxy) is 1. The molecule has 1 aromatic carbocycles. The van der Waals surface area contributed by atoms with Gasteiger partial charge in [-0.15, -0.1) is 0 Å². The molecule has 0 aliphatic rings. The lowest BCUT2D eigenvalue weighted by molar-refractivity contribution is -0.119. The van der Waals surface area contributed by atoms with Crippen LogP contribution in [-0.2, 0) is 11.3 Å². The molecule has 104 valence electrons. The summed E-state index contributed by atoms with van der Waals surface area (Å²) in [6.07, 6.45) is 3.57. The van der Waals surface area contributed by atoms with Crippen LogP contribution >= 0.6 is 0 Å². The highest BCUT2D eigenvalue weighted by molar-refractivity contribution is 5.75. The van der Waals surface area contributed by atoms with Gasteiger partial charge in [-0.05, 0) is 36.2 Å². The SMILES string of the molecule is Cc1ccncc1NCc1ccc(OCC(N)=O)cc1. The highest BCUT2D eigenvalue weighted by Gasteiger charge is 2.00. The average molecular weight is 271 g/mol. The molecular weight excluding hydrogens is 254 g/mol. The fourth-order valence-electron chi connectivity index (χ4n) is 1.70. The van der Waals surface area contributed by atoms with Crippen LogP contribution in [0.2, 0.25) is 0 Å². The maximum absolute atomic E-state index is 10.6. The molecular formula is C15H17N3O2. The van der Waals surface area contributed by atoms with Crippen LogP contribution in [0.5, 0.6) is 5.75 Å². The summed E-state index contributed by atoms with van der Waals surface area (Å²) in [5.74, 6) is 0.146. The van der Waals surface area contributed by atoms with E-state index in [1.807, 2.05) is 37.3 Å². The summed E-state index contributed by atoms with van der Waals surface area (Å²) in [6.45, 7) is 2.62. The van der Waals surface area contributed by atoms with Crippen molar-refractivity contribution in [3.05, 3.63) is 53.9 Å². The van der Waals surface area contributed by atoms with E-state index in [2.05, 4.69) is 10.3 Å². The van der Waals surface area contributed by atoms with Gasteiger partial charge in [-0.1, -0.05) is 12.1 Å². The Hall–Kier alpha value is -2.56. The fourth-order valence-corrected chi connectivity index (χ4v) is 1.70. The number of anilines is 1. The summed E-state index contributed by atoms with van der Waals surface area (Å²) >= 11 is 0. The van der Waals surface area contributed by atoms with E-state index >= 15 is 0 Å². The monoisotopic (exact) mass is 271 g/mol. The predicted octanol–water partition coefficient (Wildman–Crippen LogP) is 1.87. The molecule has 1 aromatic heterocycles. The number of pyridine rings is 1. The van der Waals surface area contributed by atoms with Crippen LogP contribution in [0.4, 0.5) is 5.69 Å². The van der Waals surface area contributed by atoms with Crippen LogP contribution in [0, 0.1) is 6.92 Å². The molecule has 1 heterocycles. The summed E-state index contributed by atoms with van der Waals surface area (Å²) < 4.78 is 5.20. The minimum atomic E-state index is -0.484. The molecule has 0 bridgehead atoms. The number of aromatic nitrogens is 1. The topological polar surface area (TPSA) is 77.2 Å². The normalized spacial score (nSPS) is 10.1. The molecule has 0 aliphatic heterocycles. The van der Waals surface area contributed by atoms with Crippen molar-refractivity contribution in [1.82, 2.24) is 4.98 Å². The number of hydrogen-bond donors (Lipinski definition) is 2. The molecule has 0 unspecified atom stereocenters. The van der Waals surface area contributed by atoms with Crippen LogP contribution < -0.4 is 15.8 Å². The van der Waals surface area contributed by atoms with Crippen LogP contribution in [0.15, 0.2) is 42.7 Å². The van der Waals surface area contributed by atoms with Crippen molar-refractivity contribution in [3.63, 3.8) is 0 Å². The number of nitrogens with one attached hydrogen (secondary N) is 1. The van der Waals surface area contributed by atoms with Crippen LogP contribution in [0.25, 0.3) is 0 Å². The Kier molecular flexibility index (Phi) is 4.55. The summed E-state index contributed by atoms with van der Waals surface area (Å²) in [7, 11) is 0. The largest absolute Gasteiger partial charge is 0.484 e. The molecule has 5 heteroatoms. The number of nitrogens with two attached hydrogens (primary N) is 1. The van der Waals surface area contributed by atoms with E-state index in [9.17, 15) is 4.79 Å². The number of carbonyl (C=O) groups excluding carboxylic acids is 1. The van der Waals surface area contributed by atoms with Crippen LogP contribution in [0.1, 0.15) is 11.1 Å². The van der Waals surface area contributed by atoms with Gasteiger partial charge < -0.3 is 15.8 Å². The first kappa shape index (κ1) is 13.9. The van der Waals surface area contributed by atoms with E-state index in [1.165, 1.54) is 0 Å². The molecule has 0 atom stereocenters. The van der Waals surface area contributed by atoms with E-state index in [1.54, 1.807) is 12.4 Å². The van der Waals surface area contributed by atoms with Crippen molar-refractivity contribution >= 4 is 11.6 Å². The maximum atomic E-state index is 10.6. The second-order valence-electron chi connectivity index (χ2n) is 4.44. The van der Waals surface area contributed by atoms with E-state index in [4.69, 9.17) is 10.5 Å². The van der Waals surface area contributed by atoms with E-state index < -0.39 is 5.91 Å². The lowest BCUT2D eigenvalue weighted by Gasteiger charge is -2.09. The molecule has 0 aliphatic carbocycles. The van der Waals surface area contributed by atoms with Gasteiger partial charge in [0.2, 0.25) is 0 Å². The van der Waals surface area contributed by atoms with Crippen molar-refractivity contribution in [2.45, 2.75) is 13.5 Å². The highest BCUT2D eigenvalue weighted by Crippen LogP contribution is 2.15. The van der Waals surface area contributed by atoms with Crippen molar-refractivity contribution in [1.29, 1.82) is 0 Å². The molecule has 0 spiro atoms. The average Bonchev–Trinajstić information content (AvgIpc) is 2.45. The van der Waals surface area contributed by atoms with Crippen molar-refractivity contribution in [2.75, 3.05) is 11.9 Å². The fraction of sp³-hybridized carbons (Fsp3) is 0.200. The van der Waals surface area contributed by atoms with E-state index in [0.717, 1.165) is 16.8 Å². The summed E-state index contributed by atoms with van der Waals surface area (Å²) in [5.41, 5.74) is 8.30. The number of amides is 1. The third-order valence-corrected chi connectivity index (χ3v) is 2.83. The van der Waals surface area contributed by atoms with Gasteiger partial charge in [0.1, 0.15) is 5.75 Å². The standard InChI is InChI=1S/C15H17N3O2/c1-11-6-7-17-9-14(11)18-8-12-2-4-13(5-3-12)20-10-15(16)19/h2-7,9,18H,8,10H2,1H3,(H2,16,19). The Balaban J connectivity index is 1.91. The van der Waals surface area contributed by atoms with Gasteiger partial charge in [-0.25, -0.2) is 0 Å². The first-order valence-corrected chi connectivity index (χ1v) is 6.29. The van der Waals surface area contributed by atoms with E-state index in [0.29, 0.717) is 12.3 Å². The van der Waals surface area contributed by atoms with Crippen LogP contribution in [0.3, 0.4) is 0 Å². The Bertz CT molecular complexity index is 582. The molecule has 0 saturated carbocycles. The maximum Gasteiger partial charge on any atom is 0.255 e. The number of carbonyl (C=O) groups is 1. The van der Waals surface area contributed by atoms with Gasteiger partial charge in [0.25, 0.3) is 5.91 Å². The Labute approximate surface area is 117 Å². The first-order valence-electron chi connectivity index (χ1n) is 6.29. The third-order valence-electron chi connectivity index (χ3n) is 2.83. The predicted molar refractivity (Wildman–Crippen MR) is 77.4 cm³/mol. The van der Waals surface area contributed by atoms with Gasteiger partial charge in [0, 0.05) is 12.7 Å². The van der Waals surface area contributed by atoms with Gasteiger partial charge in [0.15, 0.2) is 6.61 Å². The second kappa shape index (κ2) is 6.56. The minimum Gasteiger partial charge on any atom is -0.484 e. The number of hydrogen-bond acceptors (Lipinski definition) is 4. The minimum absolute atomic E-state index is 0.105. The summed E-state index contributed by atoms with van der Waals surface area (Å²) in [4.78, 5) is 14.7. The zero-order valence-electron chi connectivity index (χ0n) is 11.3. The smallest absolute Gasteiger partial charge is 0.255 e. The Morgan fingerprint density at radius 1 is 1.30 bits per heavy atom. The molecule has 5 nitrogen and oxygen atoms in total. The summed E-state index contributed by atoms with van der Waals surface area (Å²) in [5, 5.41) is 3.32. The van der Waals surface area contributed by atoms with Crippen LogP contribution in [-0.4, -0.2) is 17.5 Å². The molecule has 3 N–H and O–H groups in total. The zero-order valence-corrected chi connectivity index (χ0v) is 11.3. The first-order chi connectivity index (χ1) is 9.65. The number of rotatable bonds is 6. The summed E-state index contributed by atoms with van der Waals surface area (Å²) in [6, 6.07) is 9.47. The molecule has 0 fully saturated rings. The number of nitrogens with zero attached hydrogens (tertiary/aromatic N) is 1. The highest BCUT2D eigenvalue weighted by atomic mass is 16.5. The van der Waals surface area contributed by atoms with Crippen molar-refractivity contribution in [3.8, 4) is 5.75 Å². The van der Waals surface area contributed by atoms with Gasteiger partial charge in [-0.2, -0.15) is 0 Å². The Morgan fingerprint density at radius 3 is 2.70 bits per heavy atom.